The van der Waals surface area contributed by atoms with E-state index in [1.54, 1.807) is 0 Å². The second-order valence-electron chi connectivity index (χ2n) is 6.39. The van der Waals surface area contributed by atoms with Crippen molar-refractivity contribution in [3.05, 3.63) is 41.5 Å². The molecule has 0 spiro atoms. The maximum Gasteiger partial charge on any atom is 0.416 e. The van der Waals surface area contributed by atoms with Crippen molar-refractivity contribution in [2.24, 2.45) is 11.8 Å². The summed E-state index contributed by atoms with van der Waals surface area (Å²) in [5.41, 5.74) is 0.250. The van der Waals surface area contributed by atoms with E-state index < -0.39 is 11.7 Å². The minimum absolute atomic E-state index is 0.586. The van der Waals surface area contributed by atoms with Gasteiger partial charge in [-0.25, -0.2) is 0 Å². The van der Waals surface area contributed by atoms with E-state index in [-0.39, 0.29) is 0 Å². The van der Waals surface area contributed by atoms with Crippen molar-refractivity contribution in [1.82, 2.24) is 0 Å². The summed E-state index contributed by atoms with van der Waals surface area (Å²) in [5, 5.41) is 0. The third-order valence-corrected chi connectivity index (χ3v) is 4.83. The first-order valence-corrected chi connectivity index (χ1v) is 8.33. The van der Waals surface area contributed by atoms with Gasteiger partial charge in [-0.1, -0.05) is 63.3 Å². The Balaban J connectivity index is 1.74. The zero-order chi connectivity index (χ0) is 16.0. The highest BCUT2D eigenvalue weighted by atomic mass is 19.4. The summed E-state index contributed by atoms with van der Waals surface area (Å²) in [4.78, 5) is 0. The molecule has 1 aliphatic carbocycles. The summed E-state index contributed by atoms with van der Waals surface area (Å²) in [6.07, 6.45) is 8.70. The van der Waals surface area contributed by atoms with Crippen molar-refractivity contribution < 1.29 is 13.2 Å². The van der Waals surface area contributed by atoms with Crippen LogP contribution >= 0.6 is 0 Å². The molecule has 0 atom stereocenters. The predicted molar refractivity (Wildman–Crippen MR) is 85.5 cm³/mol. The first-order valence-electron chi connectivity index (χ1n) is 8.33. The minimum atomic E-state index is -4.25. The first kappa shape index (κ1) is 17.1. The number of hydrogen-bond acceptors (Lipinski definition) is 0. The van der Waals surface area contributed by atoms with Crippen LogP contribution in [0.2, 0.25) is 0 Å². The van der Waals surface area contributed by atoms with Crippen LogP contribution < -0.4 is 0 Å². The van der Waals surface area contributed by atoms with Gasteiger partial charge in [0.05, 0.1) is 5.56 Å². The first-order chi connectivity index (χ1) is 10.5. The zero-order valence-electron chi connectivity index (χ0n) is 13.2. The number of halogens is 3. The van der Waals surface area contributed by atoms with Crippen LogP contribution in [0, 0.1) is 11.8 Å². The summed E-state index contributed by atoms with van der Waals surface area (Å²) in [5.74, 6) is 1.76. The lowest BCUT2D eigenvalue weighted by Crippen LogP contribution is -2.13. The van der Waals surface area contributed by atoms with E-state index in [4.69, 9.17) is 0 Å². The van der Waals surface area contributed by atoms with Crippen LogP contribution in [0.4, 0.5) is 13.2 Å². The molecule has 0 saturated heterocycles. The van der Waals surface area contributed by atoms with Crippen molar-refractivity contribution in [3.63, 3.8) is 0 Å². The number of alkyl halides is 3. The highest BCUT2D eigenvalue weighted by Crippen LogP contribution is 2.33. The molecule has 0 unspecified atom stereocenters. The lowest BCUT2D eigenvalue weighted by atomic mass is 9.79. The monoisotopic (exact) mass is 310 g/mol. The molecule has 0 bridgehead atoms. The smallest absolute Gasteiger partial charge is 0.166 e. The number of rotatable bonds is 5. The molecule has 0 radical (unpaired) electrons. The molecule has 1 saturated carbocycles. The van der Waals surface area contributed by atoms with E-state index in [1.807, 2.05) is 6.08 Å². The molecular formula is C19H25F3. The van der Waals surface area contributed by atoms with Gasteiger partial charge in [-0.05, 0) is 42.4 Å². The van der Waals surface area contributed by atoms with Gasteiger partial charge in [-0.15, -0.1) is 0 Å². The Morgan fingerprint density at radius 1 is 1.00 bits per heavy atom. The second kappa shape index (κ2) is 7.85. The van der Waals surface area contributed by atoms with E-state index in [9.17, 15) is 13.2 Å². The van der Waals surface area contributed by atoms with Crippen molar-refractivity contribution in [3.8, 4) is 0 Å². The average Bonchev–Trinajstić information content (AvgIpc) is 2.52. The van der Waals surface area contributed by atoms with Crippen LogP contribution in [0.15, 0.2) is 30.3 Å². The van der Waals surface area contributed by atoms with Gasteiger partial charge in [-0.3, -0.25) is 0 Å². The van der Waals surface area contributed by atoms with Crippen molar-refractivity contribution in [2.75, 3.05) is 0 Å². The minimum Gasteiger partial charge on any atom is -0.166 e. The van der Waals surface area contributed by atoms with Gasteiger partial charge < -0.3 is 0 Å². The summed E-state index contributed by atoms with van der Waals surface area (Å²) in [6, 6.07) is 5.36. The third-order valence-electron chi connectivity index (χ3n) is 4.83. The lowest BCUT2D eigenvalue weighted by Gasteiger charge is -2.27. The number of benzene rings is 1. The molecule has 0 N–H and O–H groups in total. The zero-order valence-corrected chi connectivity index (χ0v) is 13.2. The molecule has 122 valence electrons. The van der Waals surface area contributed by atoms with Gasteiger partial charge in [0.15, 0.2) is 0 Å². The molecule has 1 aromatic carbocycles. The molecule has 1 aromatic rings. The van der Waals surface area contributed by atoms with Crippen molar-refractivity contribution in [1.29, 1.82) is 0 Å². The highest BCUT2D eigenvalue weighted by Gasteiger charge is 2.29. The van der Waals surface area contributed by atoms with Crippen LogP contribution in [-0.4, -0.2) is 0 Å². The van der Waals surface area contributed by atoms with Crippen LogP contribution in [0.25, 0.3) is 6.08 Å². The Hall–Kier alpha value is -1.25. The third kappa shape index (κ3) is 5.19. The Kier molecular flexibility index (Phi) is 6.10. The molecule has 0 aromatic heterocycles. The van der Waals surface area contributed by atoms with Crippen LogP contribution in [0.3, 0.4) is 0 Å². The Morgan fingerprint density at radius 2 is 1.59 bits per heavy atom. The summed E-state index contributed by atoms with van der Waals surface area (Å²) in [6.45, 7) is 2.28. The van der Waals surface area contributed by atoms with E-state index in [2.05, 4.69) is 13.0 Å². The number of allylic oxidation sites excluding steroid dienone is 1. The molecule has 2 rings (SSSR count). The quantitative estimate of drug-likeness (QED) is 0.566. The fourth-order valence-corrected chi connectivity index (χ4v) is 3.26. The largest absolute Gasteiger partial charge is 0.416 e. The Bertz CT molecular complexity index is 462. The topological polar surface area (TPSA) is 0 Å². The van der Waals surface area contributed by atoms with Crippen molar-refractivity contribution in [2.45, 2.75) is 58.0 Å². The maximum atomic E-state index is 12.5. The molecule has 1 fully saturated rings. The molecule has 1 aliphatic rings. The molecule has 0 aliphatic heterocycles. The van der Waals surface area contributed by atoms with Crippen LogP contribution in [-0.2, 0) is 6.18 Å². The normalized spacial score (nSPS) is 23.1. The predicted octanol–water partition coefficient (Wildman–Crippen LogP) is 6.72. The van der Waals surface area contributed by atoms with Crippen molar-refractivity contribution >= 4 is 6.08 Å². The molecule has 22 heavy (non-hydrogen) atoms. The lowest BCUT2D eigenvalue weighted by molar-refractivity contribution is -0.137. The van der Waals surface area contributed by atoms with Gasteiger partial charge in [0.2, 0.25) is 0 Å². The highest BCUT2D eigenvalue weighted by molar-refractivity contribution is 5.49. The van der Waals surface area contributed by atoms with E-state index >= 15 is 0 Å². The maximum absolute atomic E-state index is 12.5. The van der Waals surface area contributed by atoms with Gasteiger partial charge in [0, 0.05) is 0 Å². The SMILES string of the molecule is CCC1CCC(CCC=Cc2ccc(C(F)(F)F)cc2)CC1. The average molecular weight is 310 g/mol. The van der Waals surface area contributed by atoms with Gasteiger partial charge >= 0.3 is 6.18 Å². The number of hydrogen-bond donors (Lipinski definition) is 0. The Morgan fingerprint density at radius 3 is 2.14 bits per heavy atom. The fourth-order valence-electron chi connectivity index (χ4n) is 3.26. The fraction of sp³-hybridized carbons (Fsp3) is 0.579. The van der Waals surface area contributed by atoms with Crippen LogP contribution in [0.5, 0.6) is 0 Å². The standard InChI is InChI=1S/C19H25F3/c1-2-15-7-9-16(10-8-15)5-3-4-6-17-11-13-18(14-12-17)19(20,21)22/h4,6,11-16H,2-3,5,7-10H2,1H3. The van der Waals surface area contributed by atoms with E-state index in [1.165, 1.54) is 50.7 Å². The van der Waals surface area contributed by atoms with E-state index in [0.29, 0.717) is 0 Å². The van der Waals surface area contributed by atoms with Gasteiger partial charge in [0.1, 0.15) is 0 Å². The summed E-state index contributed by atoms with van der Waals surface area (Å²) < 4.78 is 37.4. The molecule has 0 amide bonds. The summed E-state index contributed by atoms with van der Waals surface area (Å²) >= 11 is 0. The molecule has 3 heteroatoms. The molecular weight excluding hydrogens is 285 g/mol. The summed E-state index contributed by atoms with van der Waals surface area (Å²) in [7, 11) is 0. The van der Waals surface area contributed by atoms with Gasteiger partial charge in [0.25, 0.3) is 0 Å². The molecule has 0 nitrogen and oxygen atoms in total. The molecule has 0 heterocycles. The van der Waals surface area contributed by atoms with Crippen LogP contribution in [0.1, 0.15) is 63.0 Å². The van der Waals surface area contributed by atoms with E-state index in [0.717, 1.165) is 36.0 Å². The second-order valence-corrected chi connectivity index (χ2v) is 6.39. The van der Waals surface area contributed by atoms with Gasteiger partial charge in [-0.2, -0.15) is 13.2 Å². The Labute approximate surface area is 131 Å².